The third-order valence-electron chi connectivity index (χ3n) is 4.01. The van der Waals surface area contributed by atoms with Crippen molar-refractivity contribution in [2.24, 2.45) is 0 Å². The standard InChI is InChI=1S/C16H19ClN2S/c1-3-13-8-12(10-17)9-16(18-13)19-6-4-15-14(11(19)2)5-7-20-15/h5,7-9,11H,3-4,6,10H2,1-2H3. The lowest BCUT2D eigenvalue weighted by molar-refractivity contribution is 0.623. The first-order valence-electron chi connectivity index (χ1n) is 7.11. The molecule has 0 N–H and O–H groups in total. The first-order chi connectivity index (χ1) is 9.72. The molecule has 0 saturated carbocycles. The highest BCUT2D eigenvalue weighted by Gasteiger charge is 2.25. The Morgan fingerprint density at radius 1 is 1.45 bits per heavy atom. The van der Waals surface area contributed by atoms with Gasteiger partial charge in [0.05, 0.1) is 6.04 Å². The van der Waals surface area contributed by atoms with Crippen molar-refractivity contribution in [3.8, 4) is 0 Å². The third-order valence-corrected chi connectivity index (χ3v) is 5.32. The number of aromatic nitrogens is 1. The fraction of sp³-hybridized carbons (Fsp3) is 0.438. The summed E-state index contributed by atoms with van der Waals surface area (Å²) in [5, 5.41) is 2.20. The molecular formula is C16H19ClN2S. The van der Waals surface area contributed by atoms with Crippen molar-refractivity contribution in [3.63, 3.8) is 0 Å². The third kappa shape index (κ3) is 2.45. The molecule has 0 bridgehead atoms. The Bertz CT molecular complexity index is 586. The average Bonchev–Trinajstić information content (AvgIpc) is 2.96. The van der Waals surface area contributed by atoms with Crippen LogP contribution in [-0.2, 0) is 18.7 Å². The summed E-state index contributed by atoms with van der Waals surface area (Å²) in [6.07, 6.45) is 2.06. The monoisotopic (exact) mass is 306 g/mol. The van der Waals surface area contributed by atoms with Crippen LogP contribution < -0.4 is 4.90 Å². The Hall–Kier alpha value is -1.06. The van der Waals surface area contributed by atoms with Gasteiger partial charge in [0.25, 0.3) is 0 Å². The number of thiophene rings is 1. The Labute approximate surface area is 129 Å². The van der Waals surface area contributed by atoms with Gasteiger partial charge in [-0.2, -0.15) is 0 Å². The summed E-state index contributed by atoms with van der Waals surface area (Å²) in [6.45, 7) is 5.45. The maximum atomic E-state index is 6.02. The summed E-state index contributed by atoms with van der Waals surface area (Å²) < 4.78 is 0. The zero-order valence-corrected chi connectivity index (χ0v) is 13.5. The van der Waals surface area contributed by atoms with Crippen molar-refractivity contribution < 1.29 is 0 Å². The molecule has 0 fully saturated rings. The number of halogens is 1. The maximum Gasteiger partial charge on any atom is 0.129 e. The highest BCUT2D eigenvalue weighted by molar-refractivity contribution is 7.10. The van der Waals surface area contributed by atoms with Crippen LogP contribution in [0.5, 0.6) is 0 Å². The van der Waals surface area contributed by atoms with E-state index in [0.717, 1.165) is 36.5 Å². The second kappa shape index (κ2) is 5.74. The van der Waals surface area contributed by atoms with Gasteiger partial charge in [-0.25, -0.2) is 4.98 Å². The van der Waals surface area contributed by atoms with Crippen molar-refractivity contribution in [3.05, 3.63) is 45.3 Å². The van der Waals surface area contributed by atoms with E-state index in [4.69, 9.17) is 16.6 Å². The van der Waals surface area contributed by atoms with Gasteiger partial charge in [0.15, 0.2) is 0 Å². The lowest BCUT2D eigenvalue weighted by atomic mass is 10.0. The Kier molecular flexibility index (Phi) is 3.99. The van der Waals surface area contributed by atoms with Gasteiger partial charge in [-0.05, 0) is 54.5 Å². The number of aryl methyl sites for hydroxylation is 1. The van der Waals surface area contributed by atoms with Crippen LogP contribution in [0.1, 0.15) is 41.6 Å². The normalized spacial score (nSPS) is 18.1. The van der Waals surface area contributed by atoms with Gasteiger partial charge in [0.1, 0.15) is 5.82 Å². The molecule has 0 spiro atoms. The van der Waals surface area contributed by atoms with Gasteiger partial charge < -0.3 is 4.90 Å². The topological polar surface area (TPSA) is 16.1 Å². The summed E-state index contributed by atoms with van der Waals surface area (Å²) in [7, 11) is 0. The highest BCUT2D eigenvalue weighted by Crippen LogP contribution is 2.35. The largest absolute Gasteiger partial charge is 0.349 e. The highest BCUT2D eigenvalue weighted by atomic mass is 35.5. The van der Waals surface area contributed by atoms with Crippen molar-refractivity contribution in [1.82, 2.24) is 4.98 Å². The van der Waals surface area contributed by atoms with Crippen LogP contribution in [0.3, 0.4) is 0 Å². The Morgan fingerprint density at radius 3 is 3.05 bits per heavy atom. The summed E-state index contributed by atoms with van der Waals surface area (Å²) in [5.41, 5.74) is 3.75. The molecular weight excluding hydrogens is 288 g/mol. The first kappa shape index (κ1) is 13.9. The number of hydrogen-bond acceptors (Lipinski definition) is 3. The van der Waals surface area contributed by atoms with Crippen LogP contribution in [0.2, 0.25) is 0 Å². The van der Waals surface area contributed by atoms with Gasteiger partial charge in [-0.1, -0.05) is 6.92 Å². The molecule has 1 aliphatic heterocycles. The fourth-order valence-corrected chi connectivity index (χ4v) is 3.98. The summed E-state index contributed by atoms with van der Waals surface area (Å²) in [5.74, 6) is 1.62. The molecule has 0 aromatic carbocycles. The van der Waals surface area contributed by atoms with Crippen molar-refractivity contribution in [2.45, 2.75) is 38.6 Å². The van der Waals surface area contributed by atoms with Gasteiger partial charge >= 0.3 is 0 Å². The number of anilines is 1. The number of alkyl halides is 1. The maximum absolute atomic E-state index is 6.02. The molecule has 4 heteroatoms. The minimum absolute atomic E-state index is 0.396. The first-order valence-corrected chi connectivity index (χ1v) is 8.53. The molecule has 1 atom stereocenters. The second-order valence-electron chi connectivity index (χ2n) is 5.23. The number of nitrogens with zero attached hydrogens (tertiary/aromatic N) is 2. The van der Waals surface area contributed by atoms with E-state index >= 15 is 0 Å². The molecule has 2 aromatic heterocycles. The van der Waals surface area contributed by atoms with Gasteiger partial charge in [0, 0.05) is 23.0 Å². The molecule has 2 nitrogen and oxygen atoms in total. The SMILES string of the molecule is CCc1cc(CCl)cc(N2CCc3sccc3C2C)n1. The summed E-state index contributed by atoms with van der Waals surface area (Å²) >= 11 is 7.90. The lowest BCUT2D eigenvalue weighted by Crippen LogP contribution is -2.33. The number of hydrogen-bond donors (Lipinski definition) is 0. The van der Waals surface area contributed by atoms with Crippen LogP contribution in [0.15, 0.2) is 23.6 Å². The fourth-order valence-electron chi connectivity index (χ4n) is 2.86. The van der Waals surface area contributed by atoms with E-state index in [1.807, 2.05) is 11.3 Å². The molecule has 2 aromatic rings. The molecule has 0 aliphatic carbocycles. The smallest absolute Gasteiger partial charge is 0.129 e. The molecule has 20 heavy (non-hydrogen) atoms. The van der Waals surface area contributed by atoms with Gasteiger partial charge in [-0.15, -0.1) is 22.9 Å². The molecule has 1 aliphatic rings. The quantitative estimate of drug-likeness (QED) is 0.772. The molecule has 3 rings (SSSR count). The van der Waals surface area contributed by atoms with E-state index in [-0.39, 0.29) is 0 Å². The van der Waals surface area contributed by atoms with E-state index in [9.17, 15) is 0 Å². The van der Waals surface area contributed by atoms with Gasteiger partial charge in [-0.3, -0.25) is 0 Å². The van der Waals surface area contributed by atoms with Crippen LogP contribution >= 0.6 is 22.9 Å². The minimum Gasteiger partial charge on any atom is -0.349 e. The van der Waals surface area contributed by atoms with E-state index < -0.39 is 0 Å². The Morgan fingerprint density at radius 2 is 2.30 bits per heavy atom. The Balaban J connectivity index is 1.97. The van der Waals surface area contributed by atoms with Crippen molar-refractivity contribution in [1.29, 1.82) is 0 Å². The molecule has 0 radical (unpaired) electrons. The number of rotatable bonds is 3. The van der Waals surface area contributed by atoms with Crippen LogP contribution in [0, 0.1) is 0 Å². The predicted octanol–water partition coefficient (Wildman–Crippen LogP) is 4.57. The zero-order chi connectivity index (χ0) is 14.1. The molecule has 1 unspecified atom stereocenters. The van der Waals surface area contributed by atoms with Gasteiger partial charge in [0.2, 0.25) is 0 Å². The minimum atomic E-state index is 0.396. The number of pyridine rings is 1. The molecule has 0 saturated heterocycles. The van der Waals surface area contributed by atoms with E-state index in [2.05, 4.69) is 42.3 Å². The number of fused-ring (bicyclic) bond motifs is 1. The molecule has 106 valence electrons. The average molecular weight is 307 g/mol. The predicted molar refractivity (Wildman–Crippen MR) is 87.0 cm³/mol. The molecule has 0 amide bonds. The second-order valence-corrected chi connectivity index (χ2v) is 6.50. The summed E-state index contributed by atoms with van der Waals surface area (Å²) in [6, 6.07) is 6.90. The van der Waals surface area contributed by atoms with Crippen LogP contribution in [-0.4, -0.2) is 11.5 Å². The lowest BCUT2D eigenvalue weighted by Gasteiger charge is -2.35. The van der Waals surface area contributed by atoms with Crippen molar-refractivity contribution in [2.75, 3.05) is 11.4 Å². The van der Waals surface area contributed by atoms with E-state index in [1.54, 1.807) is 0 Å². The molecule has 3 heterocycles. The van der Waals surface area contributed by atoms with E-state index in [1.165, 1.54) is 10.4 Å². The summed E-state index contributed by atoms with van der Waals surface area (Å²) in [4.78, 5) is 8.73. The van der Waals surface area contributed by atoms with Crippen LogP contribution in [0.25, 0.3) is 0 Å². The zero-order valence-electron chi connectivity index (χ0n) is 11.9. The van der Waals surface area contributed by atoms with E-state index in [0.29, 0.717) is 11.9 Å². The van der Waals surface area contributed by atoms with Crippen molar-refractivity contribution >= 4 is 28.8 Å². The van der Waals surface area contributed by atoms with Crippen LogP contribution in [0.4, 0.5) is 5.82 Å².